The number of aryl methyl sites for hydroxylation is 1. The number of anilines is 1. The number of aliphatic hydroxyl groups is 1. The summed E-state index contributed by atoms with van der Waals surface area (Å²) < 4.78 is 41.7. The van der Waals surface area contributed by atoms with Crippen LogP contribution in [0.3, 0.4) is 0 Å². The lowest BCUT2D eigenvalue weighted by atomic mass is 9.94. The highest BCUT2D eigenvalue weighted by molar-refractivity contribution is 5.88. The third kappa shape index (κ3) is 5.76. The molecule has 1 unspecified atom stereocenters. The smallest absolute Gasteiger partial charge is 0.394 e. The van der Waals surface area contributed by atoms with Crippen molar-refractivity contribution < 1.29 is 23.1 Å². The summed E-state index contributed by atoms with van der Waals surface area (Å²) in [5.74, 6) is 0.300. The summed E-state index contributed by atoms with van der Waals surface area (Å²) in [7, 11) is 1.60. The Labute approximate surface area is 253 Å². The van der Waals surface area contributed by atoms with Crippen LogP contribution in [0.2, 0.25) is 0 Å². The molecule has 0 radical (unpaired) electrons. The molecular formula is C31H36F3N7O3. The summed E-state index contributed by atoms with van der Waals surface area (Å²) in [6.45, 7) is 12.4. The standard InChI is InChI=1S/C31H36F3N7O3/c1-5-21-17-41(28-26-24(38(4)30(44)37-28)13-14-25(35-3)36-26)22(6-2)16-40(21)27(29(43)39-15-7-8-23(39)18-42)19-9-11-20(12-10-19)31(32,33)34/h9-14,21-23,27,42H,5-8,15-18H2,1-2,4H3/t21-,22+,23+,27?/m1/s1. The zero-order valence-corrected chi connectivity index (χ0v) is 25.0. The molecular weight excluding hydrogens is 575 g/mol. The fourth-order valence-electron chi connectivity index (χ4n) is 6.52. The van der Waals surface area contributed by atoms with Gasteiger partial charge in [0.25, 0.3) is 5.82 Å². The van der Waals surface area contributed by atoms with Gasteiger partial charge in [-0.3, -0.25) is 14.3 Å². The maximum atomic E-state index is 14.3. The van der Waals surface area contributed by atoms with E-state index in [4.69, 9.17) is 6.57 Å². The fourth-order valence-corrected chi connectivity index (χ4v) is 6.52. The van der Waals surface area contributed by atoms with Gasteiger partial charge >= 0.3 is 11.9 Å². The topological polar surface area (TPSA) is 99.2 Å². The Balaban J connectivity index is 1.58. The number of piperazine rings is 1. The van der Waals surface area contributed by atoms with Crippen molar-refractivity contribution in [3.05, 3.63) is 69.4 Å². The summed E-state index contributed by atoms with van der Waals surface area (Å²) in [6, 6.07) is 6.33. The first-order chi connectivity index (χ1) is 21.0. The second-order valence-corrected chi connectivity index (χ2v) is 11.4. The molecule has 10 nitrogen and oxygen atoms in total. The number of rotatable bonds is 7. The zero-order chi connectivity index (χ0) is 31.8. The number of aromatic nitrogens is 3. The van der Waals surface area contributed by atoms with Crippen molar-refractivity contribution in [3.8, 4) is 0 Å². The Hall–Kier alpha value is -4.02. The molecule has 4 heterocycles. The van der Waals surface area contributed by atoms with Crippen LogP contribution in [0, 0.1) is 6.57 Å². The molecule has 2 saturated heterocycles. The Morgan fingerprint density at radius 1 is 1.07 bits per heavy atom. The van der Waals surface area contributed by atoms with E-state index in [1.165, 1.54) is 16.7 Å². The Morgan fingerprint density at radius 2 is 1.77 bits per heavy atom. The molecule has 13 heteroatoms. The average molecular weight is 612 g/mol. The van der Waals surface area contributed by atoms with E-state index in [0.29, 0.717) is 61.3 Å². The molecule has 1 N–H and O–H groups in total. The summed E-state index contributed by atoms with van der Waals surface area (Å²) in [6.07, 6.45) is -1.90. The number of alkyl halides is 3. The van der Waals surface area contributed by atoms with Crippen LogP contribution in [-0.4, -0.2) is 79.7 Å². The molecule has 2 aliphatic rings. The lowest BCUT2D eigenvalue weighted by molar-refractivity contribution is -0.140. The van der Waals surface area contributed by atoms with Gasteiger partial charge in [-0.05, 0) is 55.5 Å². The van der Waals surface area contributed by atoms with Gasteiger partial charge in [-0.2, -0.15) is 18.2 Å². The number of benzene rings is 1. The van der Waals surface area contributed by atoms with Gasteiger partial charge in [0.2, 0.25) is 11.4 Å². The quantitative estimate of drug-likeness (QED) is 0.398. The van der Waals surface area contributed by atoms with E-state index in [9.17, 15) is 27.9 Å². The van der Waals surface area contributed by atoms with Crippen molar-refractivity contribution in [1.29, 1.82) is 0 Å². The van der Waals surface area contributed by atoms with Crippen LogP contribution >= 0.6 is 0 Å². The van der Waals surface area contributed by atoms with Crippen molar-refractivity contribution >= 4 is 28.6 Å². The molecule has 0 bridgehead atoms. The third-order valence-corrected chi connectivity index (χ3v) is 8.98. The number of pyridine rings is 1. The number of likely N-dealkylation sites (tertiary alicyclic amines) is 1. The summed E-state index contributed by atoms with van der Waals surface area (Å²) in [4.78, 5) is 45.3. The predicted molar refractivity (Wildman–Crippen MR) is 159 cm³/mol. The third-order valence-electron chi connectivity index (χ3n) is 8.98. The first-order valence-electron chi connectivity index (χ1n) is 14.9. The van der Waals surface area contributed by atoms with Crippen LogP contribution in [0.15, 0.2) is 41.2 Å². The molecule has 5 rings (SSSR count). The average Bonchev–Trinajstić information content (AvgIpc) is 3.51. The number of carbonyl (C=O) groups is 1. The normalized spacial score (nSPS) is 21.9. The maximum Gasteiger partial charge on any atom is 0.416 e. The molecule has 4 atom stereocenters. The maximum absolute atomic E-state index is 14.3. The van der Waals surface area contributed by atoms with E-state index in [1.54, 1.807) is 24.1 Å². The van der Waals surface area contributed by atoms with E-state index in [0.717, 1.165) is 18.6 Å². The van der Waals surface area contributed by atoms with E-state index in [-0.39, 0.29) is 36.5 Å². The van der Waals surface area contributed by atoms with Crippen molar-refractivity contribution in [2.45, 2.75) is 69.9 Å². The Morgan fingerprint density at radius 3 is 2.39 bits per heavy atom. The van der Waals surface area contributed by atoms with Gasteiger partial charge in [0.15, 0.2) is 5.82 Å². The van der Waals surface area contributed by atoms with Crippen LogP contribution in [0.4, 0.5) is 24.8 Å². The first-order valence-corrected chi connectivity index (χ1v) is 14.9. The molecule has 2 aliphatic heterocycles. The molecule has 0 saturated carbocycles. The zero-order valence-electron chi connectivity index (χ0n) is 25.0. The van der Waals surface area contributed by atoms with Gasteiger partial charge in [-0.25, -0.2) is 4.79 Å². The number of halogens is 3. The highest BCUT2D eigenvalue weighted by Crippen LogP contribution is 2.37. The molecule has 2 fully saturated rings. The summed E-state index contributed by atoms with van der Waals surface area (Å²) in [5, 5.41) is 9.98. The van der Waals surface area contributed by atoms with E-state index in [2.05, 4.69) is 19.7 Å². The molecule has 44 heavy (non-hydrogen) atoms. The second-order valence-electron chi connectivity index (χ2n) is 11.4. The number of carbonyl (C=O) groups excluding carboxylic acids is 1. The first kappa shape index (κ1) is 31.4. The van der Waals surface area contributed by atoms with Crippen LogP contribution in [0.5, 0.6) is 0 Å². The van der Waals surface area contributed by atoms with Crippen molar-refractivity contribution in [1.82, 2.24) is 24.3 Å². The number of hydrogen-bond donors (Lipinski definition) is 1. The lowest BCUT2D eigenvalue weighted by Crippen LogP contribution is -2.61. The highest BCUT2D eigenvalue weighted by atomic mass is 19.4. The fraction of sp³-hybridized carbons (Fsp3) is 0.516. The van der Waals surface area contributed by atoms with Gasteiger partial charge in [0.1, 0.15) is 6.04 Å². The van der Waals surface area contributed by atoms with Crippen molar-refractivity contribution in [2.24, 2.45) is 7.05 Å². The summed E-state index contributed by atoms with van der Waals surface area (Å²) >= 11 is 0. The van der Waals surface area contributed by atoms with Crippen LogP contribution < -0.4 is 10.6 Å². The molecule has 234 valence electrons. The van der Waals surface area contributed by atoms with Gasteiger partial charge < -0.3 is 19.8 Å². The molecule has 1 aromatic carbocycles. The minimum atomic E-state index is -4.51. The Kier molecular flexibility index (Phi) is 8.95. The SMILES string of the molecule is [C-]#[N+]c1ccc2c(n1)c(N1C[C@@H](CC)N(C(C(=O)N3CCC[C@H]3CO)c3ccc(C(F)(F)F)cc3)C[C@@H]1CC)nc(=O)n2C. The number of aliphatic hydroxyl groups excluding tert-OH is 1. The lowest BCUT2D eigenvalue weighted by Gasteiger charge is -2.49. The second kappa shape index (κ2) is 12.5. The van der Waals surface area contributed by atoms with Crippen molar-refractivity contribution in [2.75, 3.05) is 31.1 Å². The number of nitrogens with zero attached hydrogens (tertiary/aromatic N) is 7. The molecule has 3 aromatic rings. The summed E-state index contributed by atoms with van der Waals surface area (Å²) in [5.41, 5.74) is 0.172. The van der Waals surface area contributed by atoms with E-state index >= 15 is 0 Å². The van der Waals surface area contributed by atoms with Crippen LogP contribution in [0.25, 0.3) is 15.9 Å². The number of hydrogen-bond acceptors (Lipinski definition) is 7. The van der Waals surface area contributed by atoms with Gasteiger partial charge in [-0.15, -0.1) is 4.98 Å². The van der Waals surface area contributed by atoms with Crippen LogP contribution in [0.1, 0.15) is 56.7 Å². The van der Waals surface area contributed by atoms with Gasteiger partial charge in [0.05, 0.1) is 23.7 Å². The monoisotopic (exact) mass is 611 g/mol. The van der Waals surface area contributed by atoms with Crippen LogP contribution in [-0.2, 0) is 18.0 Å². The highest BCUT2D eigenvalue weighted by Gasteiger charge is 2.44. The largest absolute Gasteiger partial charge is 0.416 e. The predicted octanol–water partition coefficient (Wildman–Crippen LogP) is 4.30. The molecule has 0 aliphatic carbocycles. The molecule has 1 amide bonds. The van der Waals surface area contributed by atoms with E-state index < -0.39 is 23.5 Å². The number of fused-ring (bicyclic) bond motifs is 1. The van der Waals surface area contributed by atoms with E-state index in [1.807, 2.05) is 18.7 Å². The number of amides is 1. The Bertz CT molecular complexity index is 1620. The van der Waals surface area contributed by atoms with Gasteiger partial charge in [-0.1, -0.05) is 32.6 Å². The molecule has 2 aromatic heterocycles. The van der Waals surface area contributed by atoms with Crippen molar-refractivity contribution in [3.63, 3.8) is 0 Å². The minimum Gasteiger partial charge on any atom is -0.394 e. The van der Waals surface area contributed by atoms with Gasteiger partial charge in [0, 0.05) is 38.8 Å². The minimum absolute atomic E-state index is 0.176. The molecule has 0 spiro atoms.